The summed E-state index contributed by atoms with van der Waals surface area (Å²) in [6, 6.07) is 4.37. The van der Waals surface area contributed by atoms with E-state index in [0.29, 0.717) is 18.0 Å². The fourth-order valence-electron chi connectivity index (χ4n) is 3.12. The molecular formula is C18H21N3OS2. The normalized spacial score (nSPS) is 16.7. The third-order valence-corrected chi connectivity index (χ3v) is 6.22. The molecule has 0 unspecified atom stereocenters. The average Bonchev–Trinajstić information content (AvgIpc) is 3.13. The highest BCUT2D eigenvalue weighted by Gasteiger charge is 2.24. The third-order valence-electron chi connectivity index (χ3n) is 4.32. The number of nitrogens with one attached hydrogen (secondary N) is 1. The van der Waals surface area contributed by atoms with E-state index in [4.69, 9.17) is 0 Å². The first-order valence-electron chi connectivity index (χ1n) is 8.11. The molecule has 24 heavy (non-hydrogen) atoms. The number of thiophene rings is 2. The zero-order valence-electron chi connectivity index (χ0n) is 14.0. The highest BCUT2D eigenvalue weighted by molar-refractivity contribution is 7.16. The number of anilines is 1. The van der Waals surface area contributed by atoms with Gasteiger partial charge in [-0.25, -0.2) is 0 Å². The molecule has 1 N–H and O–H groups in total. The second kappa shape index (κ2) is 7.47. The predicted octanol–water partition coefficient (Wildman–Crippen LogP) is 3.88. The number of hydrogen-bond acceptors (Lipinski definition) is 5. The van der Waals surface area contributed by atoms with Crippen LogP contribution in [0.5, 0.6) is 0 Å². The van der Waals surface area contributed by atoms with Crippen molar-refractivity contribution in [3.8, 4) is 6.07 Å². The van der Waals surface area contributed by atoms with Gasteiger partial charge >= 0.3 is 0 Å². The van der Waals surface area contributed by atoms with Crippen molar-refractivity contribution in [2.75, 3.05) is 18.9 Å². The van der Waals surface area contributed by atoms with Gasteiger partial charge in [0.2, 0.25) is 5.91 Å². The largest absolute Gasteiger partial charge is 0.315 e. The van der Waals surface area contributed by atoms with Gasteiger partial charge in [-0.3, -0.25) is 9.69 Å². The molecule has 1 atom stereocenters. The van der Waals surface area contributed by atoms with Crippen molar-refractivity contribution in [1.82, 2.24) is 4.90 Å². The van der Waals surface area contributed by atoms with Crippen molar-refractivity contribution in [2.24, 2.45) is 5.92 Å². The van der Waals surface area contributed by atoms with Crippen LogP contribution in [0.1, 0.15) is 34.9 Å². The van der Waals surface area contributed by atoms with E-state index in [-0.39, 0.29) is 5.91 Å². The monoisotopic (exact) mass is 359 g/mol. The van der Waals surface area contributed by atoms with E-state index >= 15 is 0 Å². The van der Waals surface area contributed by atoms with Gasteiger partial charge in [0.15, 0.2) is 0 Å². The maximum absolute atomic E-state index is 12.3. The van der Waals surface area contributed by atoms with Crippen LogP contribution >= 0.6 is 22.7 Å². The van der Waals surface area contributed by atoms with Crippen molar-refractivity contribution in [2.45, 2.75) is 32.7 Å². The number of likely N-dealkylation sites (N-methyl/N-ethyl adjacent to an activating group) is 1. The maximum atomic E-state index is 12.3. The molecule has 1 aliphatic rings. The van der Waals surface area contributed by atoms with E-state index < -0.39 is 0 Å². The Morgan fingerprint density at radius 3 is 3.08 bits per heavy atom. The third kappa shape index (κ3) is 3.86. The summed E-state index contributed by atoms with van der Waals surface area (Å²) < 4.78 is 0. The van der Waals surface area contributed by atoms with E-state index in [0.717, 1.165) is 36.4 Å². The fourth-order valence-corrected chi connectivity index (χ4v) is 5.16. The summed E-state index contributed by atoms with van der Waals surface area (Å²) in [6.07, 6.45) is 3.08. The minimum Gasteiger partial charge on any atom is -0.315 e. The molecule has 0 saturated heterocycles. The van der Waals surface area contributed by atoms with Gasteiger partial charge in [0.05, 0.1) is 12.1 Å². The summed E-state index contributed by atoms with van der Waals surface area (Å²) in [5.74, 6) is 0.596. The summed E-state index contributed by atoms with van der Waals surface area (Å²) in [7, 11) is 1.93. The molecule has 2 heterocycles. The van der Waals surface area contributed by atoms with Gasteiger partial charge in [0.25, 0.3) is 0 Å². The number of nitrogens with zero attached hydrogens (tertiary/aromatic N) is 2. The molecule has 6 heteroatoms. The summed E-state index contributed by atoms with van der Waals surface area (Å²) in [5, 5.41) is 17.3. The standard InChI is InChI=1S/C18H21N3OS2/c1-12-3-4-14-15(8-19)18(24-16(14)7-12)20-17(22)10-21(2)9-13-5-6-23-11-13/h5-6,11-12H,3-4,7,9-10H2,1-2H3,(H,20,22)/t12-/m1/s1. The van der Waals surface area contributed by atoms with Crippen molar-refractivity contribution in [1.29, 1.82) is 5.26 Å². The van der Waals surface area contributed by atoms with Gasteiger partial charge in [0.1, 0.15) is 11.1 Å². The van der Waals surface area contributed by atoms with Crippen molar-refractivity contribution in [3.05, 3.63) is 38.4 Å². The smallest absolute Gasteiger partial charge is 0.239 e. The second-order valence-electron chi connectivity index (χ2n) is 6.52. The number of carbonyl (C=O) groups is 1. The summed E-state index contributed by atoms with van der Waals surface area (Å²) >= 11 is 3.24. The van der Waals surface area contributed by atoms with Crippen LogP contribution in [0.15, 0.2) is 16.8 Å². The molecular weight excluding hydrogens is 338 g/mol. The predicted molar refractivity (Wildman–Crippen MR) is 99.5 cm³/mol. The molecule has 1 aliphatic carbocycles. The lowest BCUT2D eigenvalue weighted by Crippen LogP contribution is -2.29. The Kier molecular flexibility index (Phi) is 5.34. The Labute approximate surface area is 150 Å². The lowest BCUT2D eigenvalue weighted by molar-refractivity contribution is -0.117. The van der Waals surface area contributed by atoms with Crippen LogP contribution in [0.3, 0.4) is 0 Å². The van der Waals surface area contributed by atoms with Gasteiger partial charge in [-0.15, -0.1) is 11.3 Å². The first-order chi connectivity index (χ1) is 11.6. The lowest BCUT2D eigenvalue weighted by Gasteiger charge is -2.17. The van der Waals surface area contributed by atoms with Crippen molar-refractivity contribution < 1.29 is 4.79 Å². The molecule has 0 aromatic carbocycles. The molecule has 0 spiro atoms. The molecule has 0 radical (unpaired) electrons. The number of amides is 1. The van der Waals surface area contributed by atoms with Gasteiger partial charge in [-0.1, -0.05) is 6.92 Å². The number of nitriles is 1. The molecule has 1 amide bonds. The zero-order chi connectivity index (χ0) is 17.1. The number of fused-ring (bicyclic) bond motifs is 1. The van der Waals surface area contributed by atoms with Crippen LogP contribution in [0.25, 0.3) is 0 Å². The Balaban J connectivity index is 1.65. The topological polar surface area (TPSA) is 56.1 Å². The van der Waals surface area contributed by atoms with Crippen LogP contribution in [0.4, 0.5) is 5.00 Å². The first kappa shape index (κ1) is 17.2. The minimum absolute atomic E-state index is 0.0594. The molecule has 126 valence electrons. The maximum Gasteiger partial charge on any atom is 0.239 e. The fraction of sp³-hybridized carbons (Fsp3) is 0.444. The quantitative estimate of drug-likeness (QED) is 0.881. The van der Waals surface area contributed by atoms with E-state index in [2.05, 4.69) is 29.8 Å². The van der Waals surface area contributed by atoms with Crippen LogP contribution in [-0.2, 0) is 24.2 Å². The zero-order valence-corrected chi connectivity index (χ0v) is 15.6. The molecule has 0 aliphatic heterocycles. The van der Waals surface area contributed by atoms with Crippen LogP contribution < -0.4 is 5.32 Å². The SMILES string of the molecule is C[C@@H]1CCc2c(sc(NC(=O)CN(C)Cc3ccsc3)c2C#N)C1. The van der Waals surface area contributed by atoms with Crippen molar-refractivity contribution >= 4 is 33.6 Å². The molecule has 2 aromatic rings. The van der Waals surface area contributed by atoms with E-state index in [1.165, 1.54) is 10.4 Å². The minimum atomic E-state index is -0.0594. The van der Waals surface area contributed by atoms with E-state index in [1.54, 1.807) is 22.7 Å². The second-order valence-corrected chi connectivity index (χ2v) is 8.40. The van der Waals surface area contributed by atoms with Crippen molar-refractivity contribution in [3.63, 3.8) is 0 Å². The molecule has 0 fully saturated rings. The van der Waals surface area contributed by atoms with E-state index in [9.17, 15) is 10.1 Å². The van der Waals surface area contributed by atoms with Gasteiger partial charge in [-0.05, 0) is 60.2 Å². The lowest BCUT2D eigenvalue weighted by atomic mass is 9.89. The highest BCUT2D eigenvalue weighted by Crippen LogP contribution is 2.39. The van der Waals surface area contributed by atoms with Crippen LogP contribution in [0.2, 0.25) is 0 Å². The average molecular weight is 360 g/mol. The molecule has 0 saturated carbocycles. The number of carbonyl (C=O) groups excluding carboxylic acids is 1. The Bertz CT molecular complexity index is 758. The molecule has 2 aromatic heterocycles. The molecule has 0 bridgehead atoms. The Hall–Kier alpha value is -1.68. The summed E-state index contributed by atoms with van der Waals surface area (Å²) in [6.45, 7) is 3.31. The highest BCUT2D eigenvalue weighted by atomic mass is 32.1. The summed E-state index contributed by atoms with van der Waals surface area (Å²) in [4.78, 5) is 15.6. The number of hydrogen-bond donors (Lipinski definition) is 1. The Morgan fingerprint density at radius 2 is 2.38 bits per heavy atom. The van der Waals surface area contributed by atoms with Crippen LogP contribution in [0, 0.1) is 17.2 Å². The first-order valence-corrected chi connectivity index (χ1v) is 9.87. The van der Waals surface area contributed by atoms with Gasteiger partial charge in [-0.2, -0.15) is 16.6 Å². The summed E-state index contributed by atoms with van der Waals surface area (Å²) in [5.41, 5.74) is 3.05. The Morgan fingerprint density at radius 1 is 1.54 bits per heavy atom. The molecule has 4 nitrogen and oxygen atoms in total. The van der Waals surface area contributed by atoms with Gasteiger partial charge in [0, 0.05) is 11.4 Å². The van der Waals surface area contributed by atoms with Gasteiger partial charge < -0.3 is 5.32 Å². The molecule has 3 rings (SSSR count). The van der Waals surface area contributed by atoms with Crippen LogP contribution in [-0.4, -0.2) is 24.4 Å². The van der Waals surface area contributed by atoms with E-state index in [1.807, 2.05) is 17.3 Å². The number of rotatable bonds is 5.